The molecule has 0 aliphatic carbocycles. The zero-order valence-corrected chi connectivity index (χ0v) is 15.5. The Kier molecular flexibility index (Phi) is 5.95. The Labute approximate surface area is 158 Å². The SMILES string of the molecule is CCOCC(=O)N1C[C@@H]2CN(C(=O)CNC(N)=O)C[C@@H]2[C@H]1c1ccccc1. The molecule has 0 bridgehead atoms. The number of nitrogens with zero attached hydrogens (tertiary/aromatic N) is 2. The highest BCUT2D eigenvalue weighted by atomic mass is 16.5. The molecule has 0 unspecified atom stereocenters. The van der Waals surface area contributed by atoms with E-state index in [2.05, 4.69) is 5.32 Å². The van der Waals surface area contributed by atoms with Crippen LogP contribution in [0.5, 0.6) is 0 Å². The van der Waals surface area contributed by atoms with Gasteiger partial charge in [-0.2, -0.15) is 0 Å². The quantitative estimate of drug-likeness (QED) is 0.749. The molecule has 146 valence electrons. The highest BCUT2D eigenvalue weighted by molar-refractivity contribution is 5.83. The lowest BCUT2D eigenvalue weighted by molar-refractivity contribution is -0.137. The maximum atomic E-state index is 12.7. The maximum absolute atomic E-state index is 12.7. The number of hydrogen-bond acceptors (Lipinski definition) is 4. The largest absolute Gasteiger partial charge is 0.372 e. The lowest BCUT2D eigenvalue weighted by atomic mass is 9.89. The number of hydrogen-bond donors (Lipinski definition) is 2. The van der Waals surface area contributed by atoms with Crippen molar-refractivity contribution < 1.29 is 19.1 Å². The minimum Gasteiger partial charge on any atom is -0.372 e. The summed E-state index contributed by atoms with van der Waals surface area (Å²) in [4.78, 5) is 39.5. The predicted octanol–water partition coefficient (Wildman–Crippen LogP) is 0.349. The van der Waals surface area contributed by atoms with E-state index in [1.165, 1.54) is 0 Å². The molecule has 0 radical (unpaired) electrons. The van der Waals surface area contributed by atoms with Crippen LogP contribution in [-0.2, 0) is 14.3 Å². The van der Waals surface area contributed by atoms with Gasteiger partial charge in [0.2, 0.25) is 11.8 Å². The van der Waals surface area contributed by atoms with E-state index in [0.717, 1.165) is 5.56 Å². The monoisotopic (exact) mass is 374 g/mol. The highest BCUT2D eigenvalue weighted by Gasteiger charge is 2.49. The molecular formula is C19H26N4O4. The number of fused-ring (bicyclic) bond motifs is 1. The summed E-state index contributed by atoms with van der Waals surface area (Å²) in [5.41, 5.74) is 6.11. The molecule has 2 aliphatic rings. The molecule has 2 fully saturated rings. The molecule has 3 N–H and O–H groups in total. The minimum atomic E-state index is -0.711. The minimum absolute atomic E-state index is 0.0200. The topological polar surface area (TPSA) is 105 Å². The summed E-state index contributed by atoms with van der Waals surface area (Å²) in [7, 11) is 0. The van der Waals surface area contributed by atoms with Crippen molar-refractivity contribution in [2.75, 3.05) is 39.4 Å². The van der Waals surface area contributed by atoms with Crippen molar-refractivity contribution in [2.24, 2.45) is 17.6 Å². The van der Waals surface area contributed by atoms with Crippen molar-refractivity contribution in [3.8, 4) is 0 Å². The number of nitrogens with two attached hydrogens (primary N) is 1. The molecule has 3 atom stereocenters. The van der Waals surface area contributed by atoms with E-state index in [1.807, 2.05) is 42.2 Å². The third-order valence-corrected chi connectivity index (χ3v) is 5.32. The molecule has 8 nitrogen and oxygen atoms in total. The molecule has 27 heavy (non-hydrogen) atoms. The van der Waals surface area contributed by atoms with Crippen LogP contribution in [0.4, 0.5) is 4.79 Å². The molecule has 2 saturated heterocycles. The van der Waals surface area contributed by atoms with Crippen LogP contribution in [0.25, 0.3) is 0 Å². The van der Waals surface area contributed by atoms with Gasteiger partial charge < -0.3 is 25.6 Å². The van der Waals surface area contributed by atoms with Gasteiger partial charge in [0.1, 0.15) is 6.61 Å². The summed E-state index contributed by atoms with van der Waals surface area (Å²) < 4.78 is 5.32. The van der Waals surface area contributed by atoms with E-state index in [0.29, 0.717) is 26.2 Å². The first-order chi connectivity index (χ1) is 13.0. The van der Waals surface area contributed by atoms with E-state index < -0.39 is 6.03 Å². The fraction of sp³-hybridized carbons (Fsp3) is 0.526. The number of rotatable bonds is 6. The molecule has 2 heterocycles. The smallest absolute Gasteiger partial charge is 0.312 e. The standard InChI is InChI=1S/C19H26N4O4/c1-2-27-12-17(25)23-10-14-9-22(16(24)8-21-19(20)26)11-15(14)18(23)13-6-4-3-5-7-13/h3-7,14-15,18H,2,8-12H2,1H3,(H3,20,21,26)/t14-,15-,18+/m0/s1. The summed E-state index contributed by atoms with van der Waals surface area (Å²) in [6.45, 7) is 4.07. The van der Waals surface area contributed by atoms with Gasteiger partial charge in [0.25, 0.3) is 0 Å². The van der Waals surface area contributed by atoms with Crippen LogP contribution in [0.3, 0.4) is 0 Å². The number of carbonyl (C=O) groups excluding carboxylic acids is 3. The van der Waals surface area contributed by atoms with Gasteiger partial charge in [-0.15, -0.1) is 0 Å². The van der Waals surface area contributed by atoms with E-state index in [1.54, 1.807) is 4.90 Å². The summed E-state index contributed by atoms with van der Waals surface area (Å²) in [5, 5.41) is 2.35. The van der Waals surface area contributed by atoms with Crippen molar-refractivity contribution >= 4 is 17.8 Å². The van der Waals surface area contributed by atoms with E-state index in [-0.39, 0.29) is 42.8 Å². The summed E-state index contributed by atoms with van der Waals surface area (Å²) in [6, 6.07) is 9.12. The van der Waals surface area contributed by atoms with Gasteiger partial charge >= 0.3 is 6.03 Å². The van der Waals surface area contributed by atoms with Crippen molar-refractivity contribution in [3.05, 3.63) is 35.9 Å². The van der Waals surface area contributed by atoms with Gasteiger partial charge in [-0.25, -0.2) is 4.79 Å². The van der Waals surface area contributed by atoms with Crippen LogP contribution in [0, 0.1) is 11.8 Å². The van der Waals surface area contributed by atoms with Gasteiger partial charge in [-0.05, 0) is 12.5 Å². The number of urea groups is 1. The summed E-state index contributed by atoms with van der Waals surface area (Å²) >= 11 is 0. The number of amides is 4. The summed E-state index contributed by atoms with van der Waals surface area (Å²) in [5.74, 6) is 0.199. The van der Waals surface area contributed by atoms with Gasteiger partial charge in [-0.1, -0.05) is 30.3 Å². The van der Waals surface area contributed by atoms with Crippen molar-refractivity contribution in [1.29, 1.82) is 0 Å². The predicted molar refractivity (Wildman–Crippen MR) is 98.5 cm³/mol. The highest BCUT2D eigenvalue weighted by Crippen LogP contribution is 2.44. The van der Waals surface area contributed by atoms with Crippen LogP contribution in [0.1, 0.15) is 18.5 Å². The third-order valence-electron chi connectivity index (χ3n) is 5.32. The number of benzene rings is 1. The molecule has 3 rings (SSSR count). The first-order valence-corrected chi connectivity index (χ1v) is 9.24. The Morgan fingerprint density at radius 1 is 1.15 bits per heavy atom. The van der Waals surface area contributed by atoms with Gasteiger partial charge in [0.05, 0.1) is 12.6 Å². The number of carbonyl (C=O) groups is 3. The average Bonchev–Trinajstić information content (AvgIpc) is 3.22. The average molecular weight is 374 g/mol. The van der Waals surface area contributed by atoms with Crippen LogP contribution in [0.15, 0.2) is 30.3 Å². The molecular weight excluding hydrogens is 348 g/mol. The Bertz CT molecular complexity index is 696. The first kappa shape index (κ1) is 19.2. The first-order valence-electron chi connectivity index (χ1n) is 9.24. The van der Waals surface area contributed by atoms with Crippen molar-refractivity contribution in [1.82, 2.24) is 15.1 Å². The van der Waals surface area contributed by atoms with Crippen molar-refractivity contribution in [2.45, 2.75) is 13.0 Å². The number of ether oxygens (including phenoxy) is 1. The zero-order chi connectivity index (χ0) is 19.4. The lowest BCUT2D eigenvalue weighted by Gasteiger charge is -2.30. The number of nitrogens with one attached hydrogen (secondary N) is 1. The second-order valence-electron chi connectivity index (χ2n) is 6.98. The van der Waals surface area contributed by atoms with Crippen LogP contribution < -0.4 is 11.1 Å². The number of likely N-dealkylation sites (tertiary alicyclic amines) is 2. The molecule has 8 heteroatoms. The zero-order valence-electron chi connectivity index (χ0n) is 15.5. The Hall–Kier alpha value is -2.61. The van der Waals surface area contributed by atoms with Crippen LogP contribution >= 0.6 is 0 Å². The molecule has 0 aromatic heterocycles. The Morgan fingerprint density at radius 3 is 2.56 bits per heavy atom. The number of primary amides is 1. The van der Waals surface area contributed by atoms with E-state index in [4.69, 9.17) is 10.5 Å². The fourth-order valence-corrected chi connectivity index (χ4v) is 4.13. The second-order valence-corrected chi connectivity index (χ2v) is 6.98. The molecule has 0 saturated carbocycles. The van der Waals surface area contributed by atoms with Gasteiger partial charge in [-0.3, -0.25) is 9.59 Å². The van der Waals surface area contributed by atoms with Crippen LogP contribution in [-0.4, -0.2) is 67.0 Å². The molecule has 2 aliphatic heterocycles. The fourth-order valence-electron chi connectivity index (χ4n) is 4.13. The van der Waals surface area contributed by atoms with Gasteiger partial charge in [0.15, 0.2) is 0 Å². The Balaban J connectivity index is 1.75. The van der Waals surface area contributed by atoms with Gasteiger partial charge in [0, 0.05) is 38.1 Å². The second kappa shape index (κ2) is 8.39. The Morgan fingerprint density at radius 2 is 1.89 bits per heavy atom. The lowest BCUT2D eigenvalue weighted by Crippen LogP contribution is -2.43. The third kappa shape index (κ3) is 4.21. The van der Waals surface area contributed by atoms with E-state index >= 15 is 0 Å². The molecule has 4 amide bonds. The molecule has 1 aromatic rings. The van der Waals surface area contributed by atoms with Crippen molar-refractivity contribution in [3.63, 3.8) is 0 Å². The van der Waals surface area contributed by atoms with E-state index in [9.17, 15) is 14.4 Å². The molecule has 0 spiro atoms. The summed E-state index contributed by atoms with van der Waals surface area (Å²) in [6.07, 6.45) is 0. The normalized spacial score (nSPS) is 24.0. The van der Waals surface area contributed by atoms with Crippen LogP contribution in [0.2, 0.25) is 0 Å². The molecule has 1 aromatic carbocycles. The maximum Gasteiger partial charge on any atom is 0.312 e.